The fourth-order valence-corrected chi connectivity index (χ4v) is 3.48. The van der Waals surface area contributed by atoms with Crippen molar-refractivity contribution in [1.82, 2.24) is 0 Å². The van der Waals surface area contributed by atoms with Crippen LogP contribution in [0.2, 0.25) is 0 Å². The van der Waals surface area contributed by atoms with E-state index in [2.05, 4.69) is 0 Å². The van der Waals surface area contributed by atoms with E-state index in [9.17, 15) is 4.79 Å². The largest absolute Gasteiger partial charge is 0.461 e. The highest BCUT2D eigenvalue weighted by Gasteiger charge is 2.43. The molecule has 0 aromatic heterocycles. The summed E-state index contributed by atoms with van der Waals surface area (Å²) in [6, 6.07) is 29.5. The second-order valence-electron chi connectivity index (χ2n) is 7.44. The van der Waals surface area contributed by atoms with Crippen LogP contribution in [0.3, 0.4) is 0 Å². The number of benzene rings is 3. The molecule has 3 atom stereocenters. The normalized spacial score (nSPS) is 20.9. The number of ether oxygens (including phenoxy) is 4. The van der Waals surface area contributed by atoms with Gasteiger partial charge in [-0.3, -0.25) is 0 Å². The Bertz CT molecular complexity index is 930. The monoisotopic (exact) mass is 418 g/mol. The van der Waals surface area contributed by atoms with Crippen LogP contribution < -0.4 is 0 Å². The minimum Gasteiger partial charge on any atom is -0.461 e. The Labute approximate surface area is 182 Å². The number of cyclic esters (lactones) is 1. The number of carbonyl (C=O) groups is 1. The summed E-state index contributed by atoms with van der Waals surface area (Å²) in [5.74, 6) is -0.423. The summed E-state index contributed by atoms with van der Waals surface area (Å²) in [5, 5.41) is 0. The molecule has 1 saturated heterocycles. The molecule has 5 heteroatoms. The molecule has 1 fully saturated rings. The maximum absolute atomic E-state index is 12.6. The highest BCUT2D eigenvalue weighted by molar-refractivity contribution is 5.76. The first-order chi connectivity index (χ1) is 15.3. The topological polar surface area (TPSA) is 54.0 Å². The summed E-state index contributed by atoms with van der Waals surface area (Å²) in [5.41, 5.74) is 3.04. The second-order valence-corrected chi connectivity index (χ2v) is 7.44. The molecule has 3 aromatic rings. The number of rotatable bonds is 9. The van der Waals surface area contributed by atoms with Gasteiger partial charge in [0.25, 0.3) is 0 Å². The Kier molecular flexibility index (Phi) is 7.45. The molecule has 1 heterocycles. The molecule has 160 valence electrons. The first kappa shape index (κ1) is 21.2. The van der Waals surface area contributed by atoms with Crippen molar-refractivity contribution in [3.8, 4) is 0 Å². The third-order valence-corrected chi connectivity index (χ3v) is 5.15. The Morgan fingerprint density at radius 3 is 1.61 bits per heavy atom. The molecule has 0 unspecified atom stereocenters. The maximum atomic E-state index is 12.6. The van der Waals surface area contributed by atoms with Crippen LogP contribution in [-0.2, 0) is 43.6 Å². The Balaban J connectivity index is 1.47. The highest BCUT2D eigenvalue weighted by Crippen LogP contribution is 2.23. The average molecular weight is 418 g/mol. The van der Waals surface area contributed by atoms with Gasteiger partial charge in [0.2, 0.25) is 0 Å². The van der Waals surface area contributed by atoms with Crippen molar-refractivity contribution in [2.24, 2.45) is 0 Å². The van der Waals surface area contributed by atoms with E-state index in [0.29, 0.717) is 13.2 Å². The van der Waals surface area contributed by atoms with Gasteiger partial charge >= 0.3 is 5.97 Å². The molecule has 0 saturated carbocycles. The number of carbonyl (C=O) groups excluding carboxylic acids is 1. The lowest BCUT2D eigenvalue weighted by atomic mass is 10.0. The zero-order valence-electron chi connectivity index (χ0n) is 17.3. The molecule has 0 bridgehead atoms. The third-order valence-electron chi connectivity index (χ3n) is 5.15. The fraction of sp³-hybridized carbons (Fsp3) is 0.269. The minimum atomic E-state index is -0.863. The lowest BCUT2D eigenvalue weighted by molar-refractivity contribution is -0.215. The zero-order chi connectivity index (χ0) is 21.3. The molecular weight excluding hydrogens is 392 g/mol. The van der Waals surface area contributed by atoms with Crippen molar-refractivity contribution in [2.75, 3.05) is 6.61 Å². The van der Waals surface area contributed by atoms with Crippen LogP contribution in [0.4, 0.5) is 0 Å². The maximum Gasteiger partial charge on any atom is 0.338 e. The lowest BCUT2D eigenvalue weighted by Crippen LogP contribution is -2.54. The number of esters is 1. The van der Waals surface area contributed by atoms with E-state index in [4.69, 9.17) is 18.9 Å². The van der Waals surface area contributed by atoms with Crippen LogP contribution >= 0.6 is 0 Å². The summed E-state index contributed by atoms with van der Waals surface area (Å²) < 4.78 is 23.7. The quantitative estimate of drug-likeness (QED) is 0.485. The molecule has 1 aliphatic rings. The molecular formula is C26H26O5. The standard InChI is InChI=1S/C26H26O5/c27-26-25(30-18-22-14-8-3-9-15-22)24(29-17-21-12-6-2-7-13-21)23(19-31-26)28-16-20-10-4-1-5-11-20/h1-15,23-25H,16-19H2/t23-,24+,25+/m1/s1. The van der Waals surface area contributed by atoms with Gasteiger partial charge in [-0.25, -0.2) is 4.79 Å². The summed E-state index contributed by atoms with van der Waals surface area (Å²) in [6.45, 7) is 1.18. The smallest absolute Gasteiger partial charge is 0.338 e. The van der Waals surface area contributed by atoms with Crippen LogP contribution in [0, 0.1) is 0 Å². The minimum absolute atomic E-state index is 0.135. The summed E-state index contributed by atoms with van der Waals surface area (Å²) in [4.78, 5) is 12.6. The van der Waals surface area contributed by atoms with Crippen molar-refractivity contribution >= 4 is 5.97 Å². The summed E-state index contributed by atoms with van der Waals surface area (Å²) >= 11 is 0. The van der Waals surface area contributed by atoms with Crippen LogP contribution in [0.1, 0.15) is 16.7 Å². The first-order valence-corrected chi connectivity index (χ1v) is 10.4. The predicted molar refractivity (Wildman–Crippen MR) is 116 cm³/mol. The van der Waals surface area contributed by atoms with E-state index < -0.39 is 24.3 Å². The van der Waals surface area contributed by atoms with Crippen LogP contribution in [-0.4, -0.2) is 30.9 Å². The van der Waals surface area contributed by atoms with Crippen LogP contribution in [0.5, 0.6) is 0 Å². The van der Waals surface area contributed by atoms with Gasteiger partial charge in [0.05, 0.1) is 19.8 Å². The second kappa shape index (κ2) is 10.9. The number of hydrogen-bond donors (Lipinski definition) is 0. The average Bonchev–Trinajstić information content (AvgIpc) is 2.83. The van der Waals surface area contributed by atoms with Crippen molar-refractivity contribution in [1.29, 1.82) is 0 Å². The molecule has 0 amide bonds. The Morgan fingerprint density at radius 1 is 0.645 bits per heavy atom. The molecule has 0 radical (unpaired) electrons. The highest BCUT2D eigenvalue weighted by atomic mass is 16.6. The molecule has 0 N–H and O–H groups in total. The molecule has 1 aliphatic heterocycles. The predicted octanol–water partition coefficient (Wildman–Crippen LogP) is 4.30. The lowest BCUT2D eigenvalue weighted by Gasteiger charge is -2.36. The van der Waals surface area contributed by atoms with Gasteiger partial charge in [-0.2, -0.15) is 0 Å². The molecule has 31 heavy (non-hydrogen) atoms. The van der Waals surface area contributed by atoms with E-state index >= 15 is 0 Å². The van der Waals surface area contributed by atoms with Gasteiger partial charge in [-0.15, -0.1) is 0 Å². The van der Waals surface area contributed by atoms with Crippen molar-refractivity contribution in [2.45, 2.75) is 38.1 Å². The van der Waals surface area contributed by atoms with Gasteiger partial charge in [-0.05, 0) is 16.7 Å². The van der Waals surface area contributed by atoms with Crippen molar-refractivity contribution in [3.05, 3.63) is 108 Å². The van der Waals surface area contributed by atoms with Gasteiger partial charge in [0.1, 0.15) is 18.8 Å². The van der Waals surface area contributed by atoms with E-state index in [1.807, 2.05) is 91.0 Å². The van der Waals surface area contributed by atoms with Crippen molar-refractivity contribution < 1.29 is 23.7 Å². The van der Waals surface area contributed by atoms with E-state index in [-0.39, 0.29) is 13.2 Å². The van der Waals surface area contributed by atoms with E-state index in [1.54, 1.807) is 0 Å². The van der Waals surface area contributed by atoms with Crippen LogP contribution in [0.15, 0.2) is 91.0 Å². The summed E-state index contributed by atoms with van der Waals surface area (Å²) in [7, 11) is 0. The molecule has 4 rings (SSSR count). The van der Waals surface area contributed by atoms with E-state index in [0.717, 1.165) is 16.7 Å². The SMILES string of the molecule is O=C1OC[C@@H](OCc2ccccc2)[C@H](OCc2ccccc2)[C@@H]1OCc1ccccc1. The van der Waals surface area contributed by atoms with Crippen LogP contribution in [0.25, 0.3) is 0 Å². The summed E-state index contributed by atoms with van der Waals surface area (Å²) in [6.07, 6.45) is -1.87. The Hall–Kier alpha value is -2.99. The fourth-order valence-electron chi connectivity index (χ4n) is 3.48. The Morgan fingerprint density at radius 2 is 1.10 bits per heavy atom. The zero-order valence-corrected chi connectivity index (χ0v) is 17.3. The van der Waals surface area contributed by atoms with Crippen molar-refractivity contribution in [3.63, 3.8) is 0 Å². The third kappa shape index (κ3) is 6.01. The molecule has 3 aromatic carbocycles. The van der Waals surface area contributed by atoms with Gasteiger partial charge in [0, 0.05) is 0 Å². The number of hydrogen-bond acceptors (Lipinski definition) is 5. The molecule has 5 nitrogen and oxygen atoms in total. The van der Waals surface area contributed by atoms with Gasteiger partial charge in [-0.1, -0.05) is 91.0 Å². The van der Waals surface area contributed by atoms with Gasteiger partial charge in [0.15, 0.2) is 6.10 Å². The first-order valence-electron chi connectivity index (χ1n) is 10.4. The van der Waals surface area contributed by atoms with E-state index in [1.165, 1.54) is 0 Å². The molecule has 0 spiro atoms. The molecule has 0 aliphatic carbocycles. The van der Waals surface area contributed by atoms with Gasteiger partial charge < -0.3 is 18.9 Å².